The molecule has 0 radical (unpaired) electrons. The summed E-state index contributed by atoms with van der Waals surface area (Å²) in [5.74, 6) is 0.557. The highest BCUT2D eigenvalue weighted by molar-refractivity contribution is 7.13. The second kappa shape index (κ2) is 8.71. The molecule has 1 heterocycles. The summed E-state index contributed by atoms with van der Waals surface area (Å²) in [5.41, 5.74) is 1.17. The normalized spacial score (nSPS) is 12.1. The minimum Gasteiger partial charge on any atom is -0.258 e. The van der Waals surface area contributed by atoms with Gasteiger partial charge in [-0.15, -0.1) is 11.3 Å². The monoisotopic (exact) mass is 362 g/mol. The predicted molar refractivity (Wildman–Crippen MR) is 100 cm³/mol. The Balaban J connectivity index is 2.38. The largest absolute Gasteiger partial charge is 0.276 e. The van der Waals surface area contributed by atoms with Gasteiger partial charge in [0.25, 0.3) is 11.4 Å². The van der Waals surface area contributed by atoms with Gasteiger partial charge in [-0.2, -0.15) is 0 Å². The summed E-state index contributed by atoms with van der Waals surface area (Å²) in [6, 6.07) is 5.89. The number of nitro benzene ring substituents is 2. The maximum atomic E-state index is 11.1. The number of benzene rings is 1. The minimum atomic E-state index is -0.583. The van der Waals surface area contributed by atoms with Gasteiger partial charge in [-0.25, -0.2) is 0 Å². The molecule has 0 saturated heterocycles. The summed E-state index contributed by atoms with van der Waals surface area (Å²) < 4.78 is 0. The molecule has 7 heteroatoms. The van der Waals surface area contributed by atoms with Crippen LogP contribution in [0.25, 0.3) is 10.4 Å². The van der Waals surface area contributed by atoms with Crippen molar-refractivity contribution < 1.29 is 9.85 Å². The van der Waals surface area contributed by atoms with Crippen LogP contribution in [0.5, 0.6) is 0 Å². The first-order valence-electron chi connectivity index (χ1n) is 8.46. The Morgan fingerprint density at radius 3 is 2.24 bits per heavy atom. The van der Waals surface area contributed by atoms with E-state index < -0.39 is 9.85 Å². The van der Waals surface area contributed by atoms with Gasteiger partial charge in [-0.3, -0.25) is 20.2 Å². The molecule has 2 aromatic rings. The second-order valence-electron chi connectivity index (χ2n) is 6.15. The fourth-order valence-corrected chi connectivity index (χ4v) is 3.87. The maximum absolute atomic E-state index is 11.1. The predicted octanol–water partition coefficient (Wildman–Crippen LogP) is 5.99. The number of nitrogens with zero attached hydrogens (tertiary/aromatic N) is 2. The topological polar surface area (TPSA) is 86.3 Å². The zero-order valence-electron chi connectivity index (χ0n) is 14.4. The number of nitro groups is 2. The molecule has 0 spiro atoms. The van der Waals surface area contributed by atoms with E-state index in [2.05, 4.69) is 13.8 Å². The molecular weight excluding hydrogens is 340 g/mol. The van der Waals surface area contributed by atoms with Crippen LogP contribution in [-0.4, -0.2) is 9.85 Å². The molecule has 0 aliphatic carbocycles. The Hall–Kier alpha value is -2.28. The van der Waals surface area contributed by atoms with E-state index in [9.17, 15) is 20.2 Å². The molecule has 1 unspecified atom stereocenters. The molecule has 134 valence electrons. The first kappa shape index (κ1) is 19.1. The lowest BCUT2D eigenvalue weighted by atomic mass is 9.91. The maximum Gasteiger partial charge on any atom is 0.276 e. The molecule has 6 nitrogen and oxygen atoms in total. The zero-order valence-corrected chi connectivity index (χ0v) is 15.3. The first-order chi connectivity index (χ1) is 12.0. The molecule has 25 heavy (non-hydrogen) atoms. The highest BCUT2D eigenvalue weighted by Gasteiger charge is 2.20. The molecule has 1 atom stereocenters. The summed E-state index contributed by atoms with van der Waals surface area (Å²) >= 11 is 1.47. The molecule has 0 N–H and O–H groups in total. The lowest BCUT2D eigenvalue weighted by Crippen LogP contribution is -2.03. The fourth-order valence-electron chi connectivity index (χ4n) is 2.94. The smallest absolute Gasteiger partial charge is 0.258 e. The third-order valence-electron chi connectivity index (χ3n) is 4.38. The van der Waals surface area contributed by atoms with Gasteiger partial charge in [-0.1, -0.05) is 39.5 Å². The van der Waals surface area contributed by atoms with Gasteiger partial charge in [0.2, 0.25) is 0 Å². The molecule has 0 amide bonds. The highest BCUT2D eigenvalue weighted by atomic mass is 32.1. The number of non-ortho nitro benzene ring substituents is 2. The van der Waals surface area contributed by atoms with E-state index >= 15 is 0 Å². The van der Waals surface area contributed by atoms with E-state index in [0.29, 0.717) is 11.5 Å². The van der Waals surface area contributed by atoms with Crippen molar-refractivity contribution in [2.75, 3.05) is 0 Å². The summed E-state index contributed by atoms with van der Waals surface area (Å²) in [5, 5.41) is 24.2. The van der Waals surface area contributed by atoms with Crippen molar-refractivity contribution in [2.45, 2.75) is 46.0 Å². The van der Waals surface area contributed by atoms with Gasteiger partial charge in [0.05, 0.1) is 15.9 Å². The van der Waals surface area contributed by atoms with Crippen molar-refractivity contribution in [3.05, 3.63) is 55.4 Å². The van der Waals surface area contributed by atoms with Crippen molar-refractivity contribution in [1.82, 2.24) is 0 Å². The van der Waals surface area contributed by atoms with E-state index in [1.165, 1.54) is 29.9 Å². The van der Waals surface area contributed by atoms with E-state index in [1.54, 1.807) is 0 Å². The van der Waals surface area contributed by atoms with Crippen LogP contribution in [0.3, 0.4) is 0 Å². The van der Waals surface area contributed by atoms with Crippen LogP contribution in [0.15, 0.2) is 29.6 Å². The standard InChI is InChI=1S/C18H22N2O4S/c1-3-5-6-13(4-2)9-14-7-8-25-18(14)15-10-16(19(21)22)12-17(11-15)20(23)24/h7-8,10-13H,3-6,9H2,1-2H3. The van der Waals surface area contributed by atoms with Crippen molar-refractivity contribution in [2.24, 2.45) is 5.92 Å². The van der Waals surface area contributed by atoms with Crippen LogP contribution in [-0.2, 0) is 6.42 Å². The number of hydrogen-bond acceptors (Lipinski definition) is 5. The number of unbranched alkanes of at least 4 members (excludes halogenated alkanes) is 1. The molecular formula is C18H22N2O4S. The van der Waals surface area contributed by atoms with Crippen LogP contribution >= 0.6 is 11.3 Å². The fraction of sp³-hybridized carbons (Fsp3) is 0.444. The van der Waals surface area contributed by atoms with Gasteiger partial charge >= 0.3 is 0 Å². The van der Waals surface area contributed by atoms with Crippen LogP contribution in [0.2, 0.25) is 0 Å². The van der Waals surface area contributed by atoms with Gasteiger partial charge in [0.1, 0.15) is 0 Å². The Morgan fingerprint density at radius 2 is 1.72 bits per heavy atom. The molecule has 1 aromatic carbocycles. The van der Waals surface area contributed by atoms with Crippen molar-refractivity contribution in [1.29, 1.82) is 0 Å². The molecule has 0 bridgehead atoms. The molecule has 1 aromatic heterocycles. The van der Waals surface area contributed by atoms with Crippen molar-refractivity contribution in [3.63, 3.8) is 0 Å². The molecule has 0 fully saturated rings. The number of hydrogen-bond donors (Lipinski definition) is 0. The molecule has 0 aliphatic heterocycles. The van der Waals surface area contributed by atoms with Crippen LogP contribution in [0, 0.1) is 26.1 Å². The Bertz CT molecular complexity index is 725. The van der Waals surface area contributed by atoms with Crippen LogP contribution < -0.4 is 0 Å². The third kappa shape index (κ3) is 4.85. The lowest BCUT2D eigenvalue weighted by molar-refractivity contribution is -0.394. The number of thiophene rings is 1. The van der Waals surface area contributed by atoms with E-state index in [-0.39, 0.29) is 11.4 Å². The summed E-state index contributed by atoms with van der Waals surface area (Å²) in [4.78, 5) is 21.9. The van der Waals surface area contributed by atoms with Crippen LogP contribution in [0.4, 0.5) is 11.4 Å². The second-order valence-corrected chi connectivity index (χ2v) is 7.06. The summed E-state index contributed by atoms with van der Waals surface area (Å²) in [7, 11) is 0. The average molecular weight is 362 g/mol. The molecule has 2 rings (SSSR count). The summed E-state index contributed by atoms with van der Waals surface area (Å²) in [6.45, 7) is 4.34. The van der Waals surface area contributed by atoms with Crippen molar-refractivity contribution in [3.8, 4) is 10.4 Å². The van der Waals surface area contributed by atoms with Gasteiger partial charge in [0, 0.05) is 22.6 Å². The van der Waals surface area contributed by atoms with Gasteiger partial charge in [-0.05, 0) is 29.3 Å². The third-order valence-corrected chi connectivity index (χ3v) is 5.39. The SMILES string of the molecule is CCCCC(CC)Cc1ccsc1-c1cc([N+](=O)[O-])cc([N+](=O)[O-])c1. The van der Waals surface area contributed by atoms with Crippen molar-refractivity contribution >= 4 is 22.7 Å². The van der Waals surface area contributed by atoms with E-state index in [0.717, 1.165) is 42.2 Å². The summed E-state index contributed by atoms with van der Waals surface area (Å²) in [6.07, 6.45) is 5.46. The Morgan fingerprint density at radius 1 is 1.08 bits per heavy atom. The Kier molecular flexibility index (Phi) is 6.64. The van der Waals surface area contributed by atoms with Gasteiger partial charge < -0.3 is 0 Å². The van der Waals surface area contributed by atoms with Gasteiger partial charge in [0.15, 0.2) is 0 Å². The first-order valence-corrected chi connectivity index (χ1v) is 9.34. The van der Waals surface area contributed by atoms with Crippen LogP contribution in [0.1, 0.15) is 45.1 Å². The average Bonchev–Trinajstić information content (AvgIpc) is 3.06. The molecule has 0 aliphatic rings. The molecule has 0 saturated carbocycles. The quantitative estimate of drug-likeness (QED) is 0.405. The zero-order chi connectivity index (χ0) is 18.4. The van der Waals surface area contributed by atoms with E-state index in [1.807, 2.05) is 11.4 Å². The highest BCUT2D eigenvalue weighted by Crippen LogP contribution is 2.36. The lowest BCUT2D eigenvalue weighted by Gasteiger charge is -2.15. The minimum absolute atomic E-state index is 0.249. The Labute approximate surface area is 150 Å². The number of rotatable bonds is 9. The van der Waals surface area contributed by atoms with E-state index in [4.69, 9.17) is 0 Å².